The van der Waals surface area contributed by atoms with Crippen molar-refractivity contribution in [3.05, 3.63) is 0 Å². The molecule has 0 radical (unpaired) electrons. The number of unbranched alkanes of at least 4 members (excludes halogenated alkanes) is 4. The topological polar surface area (TPSA) is 13.0 Å². The highest BCUT2D eigenvalue weighted by Gasteiger charge is 2.14. The first-order chi connectivity index (χ1) is 14.7. The molecule has 0 unspecified atom stereocenters. The molecule has 0 aromatic heterocycles. The van der Waals surface area contributed by atoms with E-state index < -0.39 is 0 Å². The third kappa shape index (κ3) is 14.0. The van der Waals surface area contributed by atoms with Crippen LogP contribution in [0.2, 0.25) is 0 Å². The summed E-state index contributed by atoms with van der Waals surface area (Å²) in [6, 6.07) is 0. The zero-order valence-corrected chi connectivity index (χ0v) is 21.3. The molecule has 1 fully saturated rings. The van der Waals surface area contributed by atoms with Crippen molar-refractivity contribution in [1.82, 2.24) is 19.6 Å². The third-order valence-corrected chi connectivity index (χ3v) is 6.67. The van der Waals surface area contributed by atoms with Gasteiger partial charge in [0.15, 0.2) is 0 Å². The van der Waals surface area contributed by atoms with E-state index in [1.807, 2.05) is 0 Å². The smallest absolute Gasteiger partial charge is 0.0109 e. The van der Waals surface area contributed by atoms with Crippen LogP contribution in [0.15, 0.2) is 0 Å². The second-order valence-electron chi connectivity index (χ2n) is 9.49. The molecule has 0 aromatic carbocycles. The Kier molecular flexibility index (Phi) is 18.1. The molecule has 0 amide bonds. The van der Waals surface area contributed by atoms with Crippen molar-refractivity contribution in [2.24, 2.45) is 0 Å². The molecule has 0 aliphatic carbocycles. The first-order valence-electron chi connectivity index (χ1n) is 13.6. The lowest BCUT2D eigenvalue weighted by Crippen LogP contribution is -2.42. The average molecular weight is 425 g/mol. The fourth-order valence-electron chi connectivity index (χ4n) is 4.47. The quantitative estimate of drug-likeness (QED) is 0.427. The summed E-state index contributed by atoms with van der Waals surface area (Å²) < 4.78 is 0. The molecule has 0 N–H and O–H groups in total. The van der Waals surface area contributed by atoms with Crippen LogP contribution in [-0.2, 0) is 0 Å². The van der Waals surface area contributed by atoms with E-state index >= 15 is 0 Å². The number of nitrogens with zero attached hydrogens (tertiary/aromatic N) is 4. The van der Waals surface area contributed by atoms with Gasteiger partial charge in [0.1, 0.15) is 0 Å². The number of hydrogen-bond acceptors (Lipinski definition) is 4. The van der Waals surface area contributed by atoms with E-state index in [4.69, 9.17) is 0 Å². The zero-order valence-electron chi connectivity index (χ0n) is 21.3. The minimum atomic E-state index is 1.26. The van der Waals surface area contributed by atoms with Crippen molar-refractivity contribution in [2.75, 3.05) is 78.5 Å². The third-order valence-electron chi connectivity index (χ3n) is 6.67. The van der Waals surface area contributed by atoms with Gasteiger partial charge in [0.2, 0.25) is 0 Å². The molecule has 4 nitrogen and oxygen atoms in total. The molecule has 0 atom stereocenters. The van der Waals surface area contributed by atoms with E-state index in [0.717, 1.165) is 0 Å². The lowest BCUT2D eigenvalue weighted by molar-refractivity contribution is 0.155. The van der Waals surface area contributed by atoms with E-state index in [1.165, 1.54) is 143 Å². The monoisotopic (exact) mass is 424 g/mol. The largest absolute Gasteiger partial charge is 0.302 e. The fourth-order valence-corrected chi connectivity index (χ4v) is 4.47. The second kappa shape index (κ2) is 19.5. The Morgan fingerprint density at radius 2 is 0.600 bits per heavy atom. The summed E-state index contributed by atoms with van der Waals surface area (Å²) in [5.74, 6) is 0. The van der Waals surface area contributed by atoms with Gasteiger partial charge >= 0.3 is 0 Å². The summed E-state index contributed by atoms with van der Waals surface area (Å²) in [4.78, 5) is 11.1. The first-order valence-corrected chi connectivity index (χ1v) is 13.6. The Morgan fingerprint density at radius 1 is 0.367 bits per heavy atom. The van der Waals surface area contributed by atoms with Crippen LogP contribution in [0, 0.1) is 0 Å². The molecule has 30 heavy (non-hydrogen) atoms. The maximum atomic E-state index is 2.76. The van der Waals surface area contributed by atoms with Crippen LogP contribution >= 0.6 is 0 Å². The molecule has 1 aliphatic heterocycles. The Labute approximate surface area is 190 Å². The number of hydrogen-bond donors (Lipinski definition) is 0. The van der Waals surface area contributed by atoms with Crippen molar-refractivity contribution in [3.63, 3.8) is 0 Å². The Hall–Kier alpha value is -0.160. The normalized spacial score (nSPS) is 20.4. The van der Waals surface area contributed by atoms with Crippen molar-refractivity contribution in [3.8, 4) is 0 Å². The predicted molar refractivity (Wildman–Crippen MR) is 135 cm³/mol. The fraction of sp³-hybridized carbons (Fsp3) is 1.00. The molecule has 1 aliphatic rings. The average Bonchev–Trinajstić information content (AvgIpc) is 2.76. The maximum absolute atomic E-state index is 2.76. The van der Waals surface area contributed by atoms with Crippen LogP contribution in [0.4, 0.5) is 0 Å². The van der Waals surface area contributed by atoms with Gasteiger partial charge in [-0.05, 0) is 90.9 Å². The van der Waals surface area contributed by atoms with Crippen LogP contribution in [0.25, 0.3) is 0 Å². The predicted octanol–water partition coefficient (Wildman–Crippen LogP) is 5.19. The van der Waals surface area contributed by atoms with E-state index in [0.29, 0.717) is 0 Å². The molecule has 0 bridgehead atoms. The summed E-state index contributed by atoms with van der Waals surface area (Å²) in [6.07, 6.45) is 13.3. The standard InChI is InChI=1S/C26H56N4/c1-5-9-15-27-19-13-20-29(17-11-7-3)25-26-30(18-12-8-4)22-14-21-28(24-23-27)16-10-6-2/h5-26H2,1-4H3. The van der Waals surface area contributed by atoms with Gasteiger partial charge in [0, 0.05) is 26.2 Å². The minimum absolute atomic E-state index is 1.26. The summed E-state index contributed by atoms with van der Waals surface area (Å²) in [6.45, 7) is 24.6. The van der Waals surface area contributed by atoms with Crippen molar-refractivity contribution in [1.29, 1.82) is 0 Å². The van der Waals surface area contributed by atoms with Gasteiger partial charge in [-0.2, -0.15) is 0 Å². The highest BCUT2D eigenvalue weighted by atomic mass is 15.2. The summed E-state index contributed by atoms with van der Waals surface area (Å²) in [5.41, 5.74) is 0. The SMILES string of the molecule is CCCCN1CCCN(CCCC)CCN(CCCC)CCCN(CCCC)CC1. The summed E-state index contributed by atoms with van der Waals surface area (Å²) in [7, 11) is 0. The molecule has 1 heterocycles. The molecule has 0 spiro atoms. The van der Waals surface area contributed by atoms with Crippen LogP contribution in [-0.4, -0.2) is 98.1 Å². The first kappa shape index (κ1) is 27.9. The highest BCUT2D eigenvalue weighted by molar-refractivity contribution is 4.70. The molecule has 1 rings (SSSR count). The molecule has 180 valence electrons. The Bertz CT molecular complexity index is 297. The zero-order chi connectivity index (χ0) is 21.9. The van der Waals surface area contributed by atoms with Crippen molar-refractivity contribution < 1.29 is 0 Å². The van der Waals surface area contributed by atoms with Gasteiger partial charge < -0.3 is 19.6 Å². The van der Waals surface area contributed by atoms with Gasteiger partial charge in [0.05, 0.1) is 0 Å². The molecule has 1 saturated heterocycles. The summed E-state index contributed by atoms with van der Waals surface area (Å²) in [5, 5.41) is 0. The highest BCUT2D eigenvalue weighted by Crippen LogP contribution is 2.07. The molecule has 4 heteroatoms. The van der Waals surface area contributed by atoms with Crippen LogP contribution in [0.5, 0.6) is 0 Å². The van der Waals surface area contributed by atoms with Crippen molar-refractivity contribution >= 4 is 0 Å². The number of rotatable bonds is 12. The van der Waals surface area contributed by atoms with E-state index in [2.05, 4.69) is 47.3 Å². The van der Waals surface area contributed by atoms with Crippen LogP contribution in [0.1, 0.15) is 91.9 Å². The Morgan fingerprint density at radius 3 is 0.800 bits per heavy atom. The minimum Gasteiger partial charge on any atom is -0.302 e. The lowest BCUT2D eigenvalue weighted by Gasteiger charge is -2.32. The van der Waals surface area contributed by atoms with E-state index in [9.17, 15) is 0 Å². The van der Waals surface area contributed by atoms with Gasteiger partial charge in [-0.15, -0.1) is 0 Å². The molecule has 0 saturated carbocycles. The van der Waals surface area contributed by atoms with E-state index in [1.54, 1.807) is 0 Å². The van der Waals surface area contributed by atoms with Crippen LogP contribution < -0.4 is 0 Å². The van der Waals surface area contributed by atoms with E-state index in [-0.39, 0.29) is 0 Å². The van der Waals surface area contributed by atoms with Gasteiger partial charge in [-0.25, -0.2) is 0 Å². The molecular weight excluding hydrogens is 368 g/mol. The maximum Gasteiger partial charge on any atom is 0.0109 e. The van der Waals surface area contributed by atoms with Crippen LogP contribution in [0.3, 0.4) is 0 Å². The van der Waals surface area contributed by atoms with Gasteiger partial charge in [0.25, 0.3) is 0 Å². The summed E-state index contributed by atoms with van der Waals surface area (Å²) >= 11 is 0. The molecule has 0 aromatic rings. The second-order valence-corrected chi connectivity index (χ2v) is 9.49. The van der Waals surface area contributed by atoms with Gasteiger partial charge in [-0.3, -0.25) is 0 Å². The van der Waals surface area contributed by atoms with Gasteiger partial charge in [-0.1, -0.05) is 53.4 Å². The Balaban J connectivity index is 2.72. The van der Waals surface area contributed by atoms with Crippen molar-refractivity contribution in [2.45, 2.75) is 91.9 Å². The lowest BCUT2D eigenvalue weighted by atomic mass is 10.2. The molecular formula is C26H56N4.